The number of fused-ring (bicyclic) bond motifs is 9. The summed E-state index contributed by atoms with van der Waals surface area (Å²) in [6, 6.07) is 160. The first-order valence-corrected chi connectivity index (χ1v) is 44.3. The summed E-state index contributed by atoms with van der Waals surface area (Å²) in [6.07, 6.45) is 6.65. The third-order valence-corrected chi connectivity index (χ3v) is 29.7. The molecule has 0 radical (unpaired) electrons. The van der Waals surface area contributed by atoms with Gasteiger partial charge in [-0.15, -0.1) is 0 Å². The van der Waals surface area contributed by atoms with Gasteiger partial charge in [-0.2, -0.15) is 0 Å². The Kier molecular flexibility index (Phi) is 18.1. The van der Waals surface area contributed by atoms with Crippen LogP contribution in [0.4, 0.5) is 0 Å². The highest BCUT2D eigenvalue weighted by Gasteiger charge is 2.52. The first-order valence-electron chi connectivity index (χ1n) is 43.1. The summed E-state index contributed by atoms with van der Waals surface area (Å²) >= 11 is 0. The van der Waals surface area contributed by atoms with Crippen LogP contribution in [0.3, 0.4) is 0 Å². The molecule has 21 aromatic rings. The number of carbonyl (C=O) groups excluding carboxylic acids is 1. The molecule has 0 aliphatic heterocycles. The smallest absolute Gasteiger partial charge is 0.182 e. The second-order valence-electron chi connectivity index (χ2n) is 34.2. The Labute approximate surface area is 713 Å². The fraction of sp³-hybridized carbons (Fsp3) is 0.0840. The van der Waals surface area contributed by atoms with E-state index in [0.29, 0.717) is 17.8 Å². The Morgan fingerprint density at radius 2 is 0.361 bits per heavy atom. The molecule has 4 bridgehead atoms. The van der Waals surface area contributed by atoms with Gasteiger partial charge in [-0.1, -0.05) is 382 Å². The number of hydrogen-bond acceptors (Lipinski definition) is 2. The van der Waals surface area contributed by atoms with Crippen LogP contribution >= 0.6 is 0 Å². The van der Waals surface area contributed by atoms with Crippen LogP contribution in [0.5, 0.6) is 0 Å². The maximum Gasteiger partial charge on any atom is 0.182 e. The highest BCUT2D eigenvalue weighted by molar-refractivity contribution is 7.97. The first-order chi connectivity index (χ1) is 60.3. The summed E-state index contributed by atoms with van der Waals surface area (Å²) in [5.41, 5.74) is 20.4. The molecule has 4 fully saturated rings. The predicted molar refractivity (Wildman–Crippen MR) is 514 cm³/mol. The molecule has 0 unspecified atom stereocenters. The summed E-state index contributed by atoms with van der Waals surface area (Å²) in [7, 11) is -1.22. The van der Waals surface area contributed by atoms with Crippen molar-refractivity contribution in [2.24, 2.45) is 23.2 Å². The summed E-state index contributed by atoms with van der Waals surface area (Å²) in [4.78, 5) is 14.8. The molecule has 0 N–H and O–H groups in total. The molecule has 0 aromatic heterocycles. The van der Waals surface area contributed by atoms with Crippen LogP contribution in [0.15, 0.2) is 433 Å². The lowest BCUT2D eigenvalue weighted by Crippen LogP contribution is -2.54. The molecule has 25 rings (SSSR count). The topological polar surface area (TPSA) is 40.1 Å². The van der Waals surface area contributed by atoms with Crippen LogP contribution in [0.2, 0.25) is 0 Å². The lowest BCUT2D eigenvalue weighted by molar-refractivity contribution is -0.327. The van der Waals surface area contributed by atoms with Crippen molar-refractivity contribution in [2.45, 2.75) is 53.2 Å². The van der Waals surface area contributed by atoms with Gasteiger partial charge < -0.3 is 9.90 Å². The number of hydrogen-bond donors (Lipinski definition) is 0. The minimum atomic E-state index is -1.22. The van der Waals surface area contributed by atoms with E-state index < -0.39 is 22.3 Å². The van der Waals surface area contributed by atoms with Crippen LogP contribution in [0.25, 0.3) is 197 Å². The maximum absolute atomic E-state index is 11.1. The standard InChI is InChI=1S/C108H69S.C11H16O2/c1-10-46-82-70(28-1)37-19-55-91(82)79-64-100(94-58-22-40-73-31-4-13-49-85(73)94)106(101(65-79)95-59-23-41-74-32-5-14-50-86(74)95)109(107-102(96-60-24-42-75-33-6-15-51-87(75)96)66-80(92-56-20-38-71-29-2-11-47-83(71)92)67-103(107)97-61-25-43-76-34-7-16-52-88(76)97)108-104(98-62-26-44-77-35-8-17-53-89(77)98)68-81(93-57-21-39-72-30-3-12-48-84(72)93)69-105(108)99-63-27-45-78-36-9-18-54-90(78)99;12-10(13)11-4-7-1-8(5-11)3-9(2-7)6-11/h1-69H;7-9H,1-6H2,(H,12,13)/q+1;/p-1. The largest absolute Gasteiger partial charge is 0.550 e. The molecule has 0 saturated heterocycles. The number of benzene rings is 21. The second kappa shape index (κ2) is 30.2. The van der Waals surface area contributed by atoms with Crippen molar-refractivity contribution in [2.75, 3.05) is 0 Å². The number of aliphatic carboxylic acids is 1. The quantitative estimate of drug-likeness (QED) is 0.108. The average Bonchev–Trinajstić information content (AvgIpc) is 0.691. The average molecular weight is 1580 g/mol. The maximum atomic E-state index is 11.1. The SMILES string of the molecule is O=C([O-])C12CC3CC(CC(C3)C1)C2.c1ccc2c(-c3cc(-c4cccc5ccccc45)c([S+](c4c(-c5cccc6ccccc56)cc(-c5cccc6ccccc56)cc4-c4cccc5ccccc45)c4c(-c5cccc6ccccc56)cc(-c5cccc6ccccc56)cc4-c4cccc5ccccc45)c(-c4cccc5ccccc45)c3)cccc2c1. The molecule has 122 heavy (non-hydrogen) atoms. The van der Waals surface area contributed by atoms with Gasteiger partial charge in [-0.05, 0) is 256 Å². The van der Waals surface area contributed by atoms with Crippen molar-refractivity contribution < 1.29 is 9.90 Å². The normalized spacial score (nSPS) is 16.1. The van der Waals surface area contributed by atoms with Gasteiger partial charge in [0.15, 0.2) is 14.7 Å². The van der Waals surface area contributed by atoms with E-state index in [2.05, 4.69) is 419 Å². The van der Waals surface area contributed by atoms with Crippen LogP contribution in [0.1, 0.15) is 38.5 Å². The summed E-state index contributed by atoms with van der Waals surface area (Å²) in [5, 5.41) is 32.4. The van der Waals surface area contributed by atoms with Gasteiger partial charge in [0, 0.05) is 44.8 Å². The van der Waals surface area contributed by atoms with Crippen LogP contribution in [-0.4, -0.2) is 5.97 Å². The minimum absolute atomic E-state index is 0.394. The summed E-state index contributed by atoms with van der Waals surface area (Å²) in [5.74, 6) is 1.38. The van der Waals surface area contributed by atoms with E-state index in [-0.39, 0.29) is 0 Å². The van der Waals surface area contributed by atoms with E-state index in [0.717, 1.165) is 103 Å². The second-order valence-corrected chi connectivity index (χ2v) is 36.1. The highest BCUT2D eigenvalue weighted by atomic mass is 32.2. The Morgan fingerprint density at radius 3 is 0.541 bits per heavy atom. The Morgan fingerprint density at radius 1 is 0.205 bits per heavy atom. The third-order valence-electron chi connectivity index (χ3n) is 27.1. The van der Waals surface area contributed by atoms with E-state index in [9.17, 15) is 9.90 Å². The van der Waals surface area contributed by atoms with Crippen LogP contribution in [0, 0.1) is 23.2 Å². The Balaban J connectivity index is 0.000000604. The van der Waals surface area contributed by atoms with Crippen molar-refractivity contribution in [3.05, 3.63) is 419 Å². The monoisotopic (exact) mass is 1580 g/mol. The molecule has 4 aliphatic rings. The molecule has 0 spiro atoms. The zero-order valence-electron chi connectivity index (χ0n) is 67.5. The van der Waals surface area contributed by atoms with Gasteiger partial charge in [0.1, 0.15) is 10.9 Å². The number of carboxylic acids is 1. The van der Waals surface area contributed by atoms with Gasteiger partial charge in [-0.25, -0.2) is 0 Å². The Hall–Kier alpha value is -14.2. The van der Waals surface area contributed by atoms with E-state index in [4.69, 9.17) is 0 Å². The van der Waals surface area contributed by atoms with Gasteiger partial charge in [0.05, 0.1) is 0 Å². The van der Waals surface area contributed by atoms with Crippen molar-refractivity contribution in [1.29, 1.82) is 0 Å². The van der Waals surface area contributed by atoms with E-state index >= 15 is 0 Å². The summed E-state index contributed by atoms with van der Waals surface area (Å²) in [6.45, 7) is 0. The van der Waals surface area contributed by atoms with E-state index in [1.165, 1.54) is 148 Å². The molecule has 0 amide bonds. The zero-order valence-corrected chi connectivity index (χ0v) is 68.4. The molecule has 2 nitrogen and oxygen atoms in total. The first kappa shape index (κ1) is 73.0. The van der Waals surface area contributed by atoms with E-state index in [1.54, 1.807) is 0 Å². The Bertz CT molecular complexity index is 6750. The molecular formula is C119H84O2S. The highest BCUT2D eigenvalue weighted by Crippen LogP contribution is 2.62. The van der Waals surface area contributed by atoms with E-state index in [1.807, 2.05) is 0 Å². The zero-order chi connectivity index (χ0) is 80.9. The van der Waals surface area contributed by atoms with Crippen molar-refractivity contribution >= 4 is 114 Å². The fourth-order valence-corrected chi connectivity index (χ4v) is 25.0. The van der Waals surface area contributed by atoms with Crippen molar-refractivity contribution in [3.8, 4) is 100 Å². The summed E-state index contributed by atoms with van der Waals surface area (Å²) < 4.78 is 0. The lowest BCUT2D eigenvalue weighted by Gasteiger charge is -2.57. The van der Waals surface area contributed by atoms with Gasteiger partial charge in [0.25, 0.3) is 0 Å². The molecular weight excluding hydrogens is 1490 g/mol. The van der Waals surface area contributed by atoms with Crippen molar-refractivity contribution in [1.82, 2.24) is 0 Å². The fourth-order valence-electron chi connectivity index (χ4n) is 22.1. The van der Waals surface area contributed by atoms with Gasteiger partial charge in [0.2, 0.25) is 0 Å². The molecule has 21 aromatic carbocycles. The van der Waals surface area contributed by atoms with Gasteiger partial charge in [-0.3, -0.25) is 0 Å². The predicted octanol–water partition coefficient (Wildman–Crippen LogP) is 31.1. The third kappa shape index (κ3) is 12.6. The minimum Gasteiger partial charge on any atom is -0.550 e. The number of rotatable bonds is 13. The molecule has 0 heterocycles. The molecule has 578 valence electrons. The van der Waals surface area contributed by atoms with Crippen LogP contribution in [-0.2, 0) is 15.7 Å². The molecule has 3 heteroatoms. The molecule has 4 aliphatic carbocycles. The molecule has 4 saturated carbocycles. The van der Waals surface area contributed by atoms with Crippen molar-refractivity contribution in [3.63, 3.8) is 0 Å². The molecule has 0 atom stereocenters. The number of carboxylic acid groups (broad SMARTS) is 1. The number of carbonyl (C=O) groups is 1. The lowest BCUT2D eigenvalue weighted by atomic mass is 9.49. The van der Waals surface area contributed by atoms with Crippen LogP contribution < -0.4 is 5.11 Å². The van der Waals surface area contributed by atoms with Gasteiger partial charge >= 0.3 is 0 Å².